The summed E-state index contributed by atoms with van der Waals surface area (Å²) in [5, 5.41) is 2.82. The molecular weight excluding hydrogens is 258 g/mol. The first-order valence-corrected chi connectivity index (χ1v) is 6.43. The number of carbonyl (C=O) groups is 2. The Labute approximate surface area is 119 Å². The maximum Gasteiger partial charge on any atom is 0.337 e. The molecule has 1 heterocycles. The Balaban J connectivity index is 2.59. The van der Waals surface area contributed by atoms with Crippen LogP contribution in [0, 0.1) is 0 Å². The van der Waals surface area contributed by atoms with Crippen LogP contribution < -0.4 is 5.32 Å². The Morgan fingerprint density at radius 2 is 2.15 bits per heavy atom. The largest absolute Gasteiger partial charge is 0.465 e. The van der Waals surface area contributed by atoms with Gasteiger partial charge in [0.2, 0.25) is 5.91 Å². The summed E-state index contributed by atoms with van der Waals surface area (Å²) in [5.74, 6) is -0.430. The van der Waals surface area contributed by atoms with E-state index in [1.54, 1.807) is 18.3 Å². The molecule has 1 aromatic rings. The number of likely N-dealkylation sites (N-methyl/N-ethyl adjacent to an activating group) is 1. The summed E-state index contributed by atoms with van der Waals surface area (Å²) in [6.07, 6.45) is 1.56. The molecule has 0 aliphatic rings. The van der Waals surface area contributed by atoms with Crippen molar-refractivity contribution in [2.24, 2.45) is 0 Å². The van der Waals surface area contributed by atoms with Gasteiger partial charge < -0.3 is 10.1 Å². The Hall–Kier alpha value is -1.95. The topological polar surface area (TPSA) is 71.5 Å². The number of nitrogens with one attached hydrogen (secondary N) is 1. The van der Waals surface area contributed by atoms with E-state index in [2.05, 4.69) is 15.0 Å². The van der Waals surface area contributed by atoms with Crippen molar-refractivity contribution in [3.8, 4) is 0 Å². The van der Waals surface area contributed by atoms with E-state index in [1.165, 1.54) is 7.11 Å². The Morgan fingerprint density at radius 1 is 1.45 bits per heavy atom. The molecule has 0 unspecified atom stereocenters. The predicted octanol–water partition coefficient (Wildman–Crippen LogP) is 0.825. The number of hydrogen-bond acceptors (Lipinski definition) is 5. The van der Waals surface area contributed by atoms with Crippen molar-refractivity contribution >= 4 is 11.9 Å². The molecule has 0 aromatic carbocycles. The molecule has 0 atom stereocenters. The van der Waals surface area contributed by atoms with E-state index >= 15 is 0 Å². The highest BCUT2D eigenvalue weighted by molar-refractivity contribution is 5.89. The highest BCUT2D eigenvalue weighted by Gasteiger charge is 2.11. The number of aromatic nitrogens is 1. The third-order valence-corrected chi connectivity index (χ3v) is 2.53. The fourth-order valence-corrected chi connectivity index (χ4v) is 1.75. The first-order valence-electron chi connectivity index (χ1n) is 6.43. The zero-order valence-electron chi connectivity index (χ0n) is 12.3. The van der Waals surface area contributed by atoms with E-state index in [0.717, 1.165) is 0 Å². The summed E-state index contributed by atoms with van der Waals surface area (Å²) in [4.78, 5) is 29.1. The van der Waals surface area contributed by atoms with Crippen molar-refractivity contribution in [2.75, 3.05) is 20.7 Å². The van der Waals surface area contributed by atoms with Gasteiger partial charge in [-0.25, -0.2) is 4.79 Å². The number of hydrogen-bond donors (Lipinski definition) is 1. The van der Waals surface area contributed by atoms with Gasteiger partial charge in [0.1, 0.15) is 0 Å². The lowest BCUT2D eigenvalue weighted by Gasteiger charge is -2.17. The predicted molar refractivity (Wildman–Crippen MR) is 75.2 cm³/mol. The van der Waals surface area contributed by atoms with Gasteiger partial charge in [-0.3, -0.25) is 14.7 Å². The number of nitrogens with zero attached hydrogens (tertiary/aromatic N) is 2. The zero-order chi connectivity index (χ0) is 15.1. The van der Waals surface area contributed by atoms with E-state index in [9.17, 15) is 9.59 Å². The molecule has 0 radical (unpaired) electrons. The number of pyridine rings is 1. The molecule has 1 aromatic heterocycles. The number of rotatable bonds is 6. The minimum atomic E-state index is -0.395. The van der Waals surface area contributed by atoms with Gasteiger partial charge >= 0.3 is 5.97 Å². The lowest BCUT2D eigenvalue weighted by atomic mass is 10.2. The normalized spacial score (nSPS) is 10.7. The van der Waals surface area contributed by atoms with Crippen molar-refractivity contribution in [3.63, 3.8) is 0 Å². The molecule has 0 saturated heterocycles. The van der Waals surface area contributed by atoms with Crippen molar-refractivity contribution < 1.29 is 14.3 Å². The maximum atomic E-state index is 11.6. The lowest BCUT2D eigenvalue weighted by Crippen LogP contribution is -2.38. The number of ether oxygens (including phenoxy) is 1. The molecule has 1 N–H and O–H groups in total. The standard InChI is InChI=1S/C14H21N3O3/c1-10(2)16-13(18)9-17(3)8-12-7-11(5-6-15-12)14(19)20-4/h5-7,10H,8-9H2,1-4H3,(H,16,18). The molecule has 1 amide bonds. The molecule has 6 heteroatoms. The second kappa shape index (κ2) is 7.59. The van der Waals surface area contributed by atoms with Crippen LogP contribution in [0.25, 0.3) is 0 Å². The number of carbonyl (C=O) groups excluding carboxylic acids is 2. The molecule has 1 rings (SSSR count). The van der Waals surface area contributed by atoms with Crippen LogP contribution >= 0.6 is 0 Å². The van der Waals surface area contributed by atoms with Crippen LogP contribution in [0.3, 0.4) is 0 Å². The summed E-state index contributed by atoms with van der Waals surface area (Å²) in [6.45, 7) is 4.59. The summed E-state index contributed by atoms with van der Waals surface area (Å²) >= 11 is 0. The molecule has 0 saturated carbocycles. The third kappa shape index (κ3) is 5.36. The smallest absolute Gasteiger partial charge is 0.337 e. The second-order valence-electron chi connectivity index (χ2n) is 4.92. The van der Waals surface area contributed by atoms with Crippen LogP contribution in [-0.4, -0.2) is 48.5 Å². The molecule has 0 fully saturated rings. The van der Waals surface area contributed by atoms with Gasteiger partial charge in [-0.2, -0.15) is 0 Å². The molecule has 0 spiro atoms. The molecule has 110 valence electrons. The summed E-state index contributed by atoms with van der Waals surface area (Å²) < 4.78 is 4.66. The summed E-state index contributed by atoms with van der Waals surface area (Å²) in [7, 11) is 3.16. The van der Waals surface area contributed by atoms with Gasteiger partial charge in [-0.05, 0) is 33.0 Å². The van der Waals surface area contributed by atoms with E-state index in [4.69, 9.17) is 0 Å². The third-order valence-electron chi connectivity index (χ3n) is 2.53. The maximum absolute atomic E-state index is 11.6. The van der Waals surface area contributed by atoms with Crippen LogP contribution in [0.15, 0.2) is 18.3 Å². The number of esters is 1. The van der Waals surface area contributed by atoms with Crippen LogP contribution in [-0.2, 0) is 16.1 Å². The zero-order valence-corrected chi connectivity index (χ0v) is 12.3. The Morgan fingerprint density at radius 3 is 2.75 bits per heavy atom. The van der Waals surface area contributed by atoms with Crippen LogP contribution in [0.2, 0.25) is 0 Å². The molecule has 0 bridgehead atoms. The van der Waals surface area contributed by atoms with Gasteiger partial charge in [0.25, 0.3) is 0 Å². The second-order valence-corrected chi connectivity index (χ2v) is 4.92. The van der Waals surface area contributed by atoms with Crippen molar-refractivity contribution in [1.29, 1.82) is 0 Å². The first-order chi connectivity index (χ1) is 9.42. The fraction of sp³-hybridized carbons (Fsp3) is 0.500. The van der Waals surface area contributed by atoms with Crippen molar-refractivity contribution in [3.05, 3.63) is 29.6 Å². The van der Waals surface area contributed by atoms with E-state index < -0.39 is 5.97 Å². The minimum Gasteiger partial charge on any atom is -0.465 e. The molecule has 20 heavy (non-hydrogen) atoms. The minimum absolute atomic E-state index is 0.0355. The number of amides is 1. The van der Waals surface area contributed by atoms with Crippen molar-refractivity contribution in [2.45, 2.75) is 26.4 Å². The lowest BCUT2D eigenvalue weighted by molar-refractivity contribution is -0.122. The summed E-state index contributed by atoms with van der Waals surface area (Å²) in [6, 6.07) is 3.39. The van der Waals surface area contributed by atoms with Crippen LogP contribution in [0.1, 0.15) is 29.9 Å². The van der Waals surface area contributed by atoms with Gasteiger partial charge in [0, 0.05) is 18.8 Å². The molecular formula is C14H21N3O3. The Bertz CT molecular complexity index is 474. The molecule has 6 nitrogen and oxygen atoms in total. The van der Waals surface area contributed by atoms with Crippen molar-refractivity contribution in [1.82, 2.24) is 15.2 Å². The average molecular weight is 279 g/mol. The quantitative estimate of drug-likeness (QED) is 0.781. The average Bonchev–Trinajstić information content (AvgIpc) is 2.36. The van der Waals surface area contributed by atoms with Gasteiger partial charge in [0.05, 0.1) is 24.9 Å². The highest BCUT2D eigenvalue weighted by Crippen LogP contribution is 2.05. The van der Waals surface area contributed by atoms with E-state index in [-0.39, 0.29) is 18.5 Å². The highest BCUT2D eigenvalue weighted by atomic mass is 16.5. The first kappa shape index (κ1) is 16.1. The van der Waals surface area contributed by atoms with Gasteiger partial charge in [0.15, 0.2) is 0 Å². The Kier molecular flexibility index (Phi) is 6.11. The van der Waals surface area contributed by atoms with Crippen LogP contribution in [0.5, 0.6) is 0 Å². The monoisotopic (exact) mass is 279 g/mol. The van der Waals surface area contributed by atoms with Gasteiger partial charge in [-0.15, -0.1) is 0 Å². The molecule has 0 aliphatic heterocycles. The fourth-order valence-electron chi connectivity index (χ4n) is 1.75. The van der Waals surface area contributed by atoms with E-state index in [1.807, 2.05) is 25.8 Å². The SMILES string of the molecule is COC(=O)c1ccnc(CN(C)CC(=O)NC(C)C)c1. The molecule has 0 aliphatic carbocycles. The van der Waals surface area contributed by atoms with E-state index in [0.29, 0.717) is 17.8 Å². The van der Waals surface area contributed by atoms with Crippen LogP contribution in [0.4, 0.5) is 0 Å². The van der Waals surface area contributed by atoms with Gasteiger partial charge in [-0.1, -0.05) is 0 Å². The summed E-state index contributed by atoms with van der Waals surface area (Å²) in [5.41, 5.74) is 1.17. The number of methoxy groups -OCH3 is 1.